The van der Waals surface area contributed by atoms with E-state index in [0.717, 1.165) is 28.3 Å². The summed E-state index contributed by atoms with van der Waals surface area (Å²) >= 11 is 0. The number of nitrogens with one attached hydrogen (secondary N) is 1. The number of aryl methyl sites for hydroxylation is 1. The van der Waals surface area contributed by atoms with Gasteiger partial charge in [0.15, 0.2) is 0 Å². The molecule has 0 bridgehead atoms. The van der Waals surface area contributed by atoms with Crippen molar-refractivity contribution in [3.63, 3.8) is 0 Å². The molecule has 0 fully saturated rings. The lowest BCUT2D eigenvalue weighted by Gasteiger charge is -2.18. The average molecular weight is 314 g/mol. The van der Waals surface area contributed by atoms with E-state index in [1.165, 1.54) is 0 Å². The van der Waals surface area contributed by atoms with Crippen LogP contribution in [0.4, 0.5) is 0 Å². The molecule has 4 nitrogen and oxygen atoms in total. The first-order chi connectivity index (χ1) is 10.9. The second-order valence-corrected chi connectivity index (χ2v) is 6.19. The number of nitrogens with zero attached hydrogens (tertiary/aromatic N) is 1. The molecule has 1 amide bonds. The van der Waals surface area contributed by atoms with Gasteiger partial charge in [-0.25, -0.2) is 0 Å². The molecule has 2 aromatic rings. The Morgan fingerprint density at radius 1 is 1.17 bits per heavy atom. The average Bonchev–Trinajstić information content (AvgIpc) is 2.82. The zero-order valence-electron chi connectivity index (χ0n) is 14.8. The number of rotatable bonds is 5. The van der Waals surface area contributed by atoms with E-state index < -0.39 is 0 Å². The molecule has 0 aliphatic carbocycles. The van der Waals surface area contributed by atoms with Gasteiger partial charge in [-0.2, -0.15) is 0 Å². The largest absolute Gasteiger partial charge is 0.496 e. The van der Waals surface area contributed by atoms with Gasteiger partial charge in [-0.05, 0) is 46.8 Å². The molecule has 1 aromatic heterocycles. The van der Waals surface area contributed by atoms with Crippen molar-refractivity contribution in [2.45, 2.75) is 46.7 Å². The van der Waals surface area contributed by atoms with Gasteiger partial charge in [-0.1, -0.05) is 18.2 Å². The van der Waals surface area contributed by atoms with Gasteiger partial charge in [0.2, 0.25) is 0 Å². The molecule has 124 valence electrons. The molecule has 0 spiro atoms. The van der Waals surface area contributed by atoms with Crippen LogP contribution in [-0.2, 0) is 0 Å². The Kier molecular flexibility index (Phi) is 5.14. The maximum absolute atomic E-state index is 12.7. The van der Waals surface area contributed by atoms with Crippen molar-refractivity contribution in [1.29, 1.82) is 0 Å². The van der Waals surface area contributed by atoms with E-state index >= 15 is 0 Å². The van der Waals surface area contributed by atoms with E-state index in [1.807, 2.05) is 51.1 Å². The summed E-state index contributed by atoms with van der Waals surface area (Å²) in [6, 6.07) is 9.92. The molecule has 1 atom stereocenters. The van der Waals surface area contributed by atoms with Crippen LogP contribution < -0.4 is 10.1 Å². The summed E-state index contributed by atoms with van der Waals surface area (Å²) in [5.74, 6) is 0.733. The first kappa shape index (κ1) is 17.1. The van der Waals surface area contributed by atoms with Gasteiger partial charge in [0.1, 0.15) is 5.75 Å². The normalized spacial score (nSPS) is 12.3. The summed E-state index contributed by atoms with van der Waals surface area (Å²) in [6.07, 6.45) is 0. The zero-order chi connectivity index (χ0) is 17.1. The fourth-order valence-corrected chi connectivity index (χ4v) is 3.18. The fourth-order valence-electron chi connectivity index (χ4n) is 3.18. The lowest BCUT2D eigenvalue weighted by Crippen LogP contribution is -2.27. The monoisotopic (exact) mass is 314 g/mol. The fraction of sp³-hybridized carbons (Fsp3) is 0.421. The summed E-state index contributed by atoms with van der Waals surface area (Å²) in [4.78, 5) is 12.7. The first-order valence-corrected chi connectivity index (χ1v) is 7.99. The number of ether oxygens (including phenoxy) is 1. The molecule has 0 aliphatic heterocycles. The Labute approximate surface area is 138 Å². The lowest BCUT2D eigenvalue weighted by molar-refractivity contribution is 0.0938. The number of aromatic nitrogens is 1. The summed E-state index contributed by atoms with van der Waals surface area (Å²) in [5, 5.41) is 3.08. The number of hydrogen-bond donors (Lipinski definition) is 1. The van der Waals surface area contributed by atoms with Crippen LogP contribution in [0.1, 0.15) is 60.2 Å². The highest BCUT2D eigenvalue weighted by molar-refractivity contribution is 5.96. The summed E-state index contributed by atoms with van der Waals surface area (Å²) in [6.45, 7) is 10.2. The van der Waals surface area contributed by atoms with Crippen LogP contribution in [0.25, 0.3) is 0 Å². The molecule has 0 radical (unpaired) electrons. The number of benzene rings is 1. The van der Waals surface area contributed by atoms with Crippen molar-refractivity contribution in [1.82, 2.24) is 9.88 Å². The molecule has 2 rings (SSSR count). The van der Waals surface area contributed by atoms with Gasteiger partial charge >= 0.3 is 0 Å². The third-order valence-corrected chi connectivity index (χ3v) is 4.20. The number of amides is 1. The first-order valence-electron chi connectivity index (χ1n) is 7.99. The third kappa shape index (κ3) is 3.41. The van der Waals surface area contributed by atoms with E-state index in [2.05, 4.69) is 23.7 Å². The Bertz CT molecular complexity index is 701. The minimum atomic E-state index is -0.124. The third-order valence-electron chi connectivity index (χ3n) is 4.20. The van der Waals surface area contributed by atoms with Crippen molar-refractivity contribution >= 4 is 5.91 Å². The van der Waals surface area contributed by atoms with E-state index in [1.54, 1.807) is 7.11 Å². The highest BCUT2D eigenvalue weighted by atomic mass is 16.5. The van der Waals surface area contributed by atoms with Gasteiger partial charge in [0.25, 0.3) is 5.91 Å². The Morgan fingerprint density at radius 3 is 2.39 bits per heavy atom. The summed E-state index contributed by atoms with van der Waals surface area (Å²) in [5.41, 5.74) is 3.81. The van der Waals surface area contributed by atoms with Gasteiger partial charge in [-0.15, -0.1) is 0 Å². The number of methoxy groups -OCH3 is 1. The minimum absolute atomic E-state index is 0.0524. The van der Waals surface area contributed by atoms with Gasteiger partial charge in [-0.3, -0.25) is 4.79 Å². The predicted octanol–water partition coefficient (Wildman–Crippen LogP) is 4.19. The van der Waals surface area contributed by atoms with Crippen molar-refractivity contribution in [2.24, 2.45) is 0 Å². The van der Waals surface area contributed by atoms with Gasteiger partial charge in [0, 0.05) is 23.0 Å². The van der Waals surface area contributed by atoms with Gasteiger partial charge < -0.3 is 14.6 Å². The number of carbonyl (C=O) groups is 1. The smallest absolute Gasteiger partial charge is 0.253 e. The Morgan fingerprint density at radius 2 is 1.83 bits per heavy atom. The zero-order valence-corrected chi connectivity index (χ0v) is 14.8. The van der Waals surface area contributed by atoms with Crippen molar-refractivity contribution in [3.05, 3.63) is 52.8 Å². The highest BCUT2D eigenvalue weighted by Crippen LogP contribution is 2.25. The van der Waals surface area contributed by atoms with Crippen LogP contribution in [0.2, 0.25) is 0 Å². The molecule has 1 aromatic carbocycles. The van der Waals surface area contributed by atoms with Crippen LogP contribution in [0.15, 0.2) is 30.3 Å². The van der Waals surface area contributed by atoms with Crippen LogP contribution in [0.3, 0.4) is 0 Å². The molecule has 1 N–H and O–H groups in total. The summed E-state index contributed by atoms with van der Waals surface area (Å²) in [7, 11) is 1.64. The van der Waals surface area contributed by atoms with Crippen LogP contribution >= 0.6 is 0 Å². The van der Waals surface area contributed by atoms with Crippen molar-refractivity contribution in [2.75, 3.05) is 7.11 Å². The molecule has 1 heterocycles. The highest BCUT2D eigenvalue weighted by Gasteiger charge is 2.20. The van der Waals surface area contributed by atoms with Crippen LogP contribution in [0.5, 0.6) is 5.75 Å². The van der Waals surface area contributed by atoms with Crippen LogP contribution in [-0.4, -0.2) is 17.6 Å². The maximum atomic E-state index is 12.7. The second-order valence-electron chi connectivity index (χ2n) is 6.19. The van der Waals surface area contributed by atoms with Crippen LogP contribution in [0, 0.1) is 13.8 Å². The van der Waals surface area contributed by atoms with Gasteiger partial charge in [0.05, 0.1) is 18.7 Å². The lowest BCUT2D eigenvalue weighted by atomic mass is 10.1. The standard InChI is InChI=1S/C19H26N2O2/c1-12(2)21-13(3)11-17(15(21)5)19(22)20-14(4)16-9-7-8-10-18(16)23-6/h7-12,14H,1-6H3,(H,20,22). The Balaban J connectivity index is 2.24. The topological polar surface area (TPSA) is 43.3 Å². The minimum Gasteiger partial charge on any atom is -0.496 e. The second kappa shape index (κ2) is 6.90. The molecule has 0 aliphatic rings. The van der Waals surface area contributed by atoms with E-state index in [0.29, 0.717) is 6.04 Å². The Hall–Kier alpha value is -2.23. The molecular formula is C19H26N2O2. The number of hydrogen-bond acceptors (Lipinski definition) is 2. The number of carbonyl (C=O) groups excluding carboxylic acids is 1. The molecule has 0 saturated carbocycles. The molecule has 23 heavy (non-hydrogen) atoms. The maximum Gasteiger partial charge on any atom is 0.253 e. The summed E-state index contributed by atoms with van der Waals surface area (Å²) < 4.78 is 7.56. The van der Waals surface area contributed by atoms with Crippen molar-refractivity contribution in [3.8, 4) is 5.75 Å². The van der Waals surface area contributed by atoms with Crippen molar-refractivity contribution < 1.29 is 9.53 Å². The van der Waals surface area contributed by atoms with E-state index in [9.17, 15) is 4.79 Å². The predicted molar refractivity (Wildman–Crippen MR) is 93.2 cm³/mol. The number of para-hydroxylation sites is 1. The molecule has 4 heteroatoms. The quantitative estimate of drug-likeness (QED) is 0.899. The SMILES string of the molecule is COc1ccccc1C(C)NC(=O)c1cc(C)n(C(C)C)c1C. The molecular weight excluding hydrogens is 288 g/mol. The molecule has 1 unspecified atom stereocenters. The van der Waals surface area contributed by atoms with E-state index in [-0.39, 0.29) is 11.9 Å². The molecule has 0 saturated heterocycles. The van der Waals surface area contributed by atoms with E-state index in [4.69, 9.17) is 4.74 Å².